The van der Waals surface area contributed by atoms with Crippen molar-refractivity contribution in [1.29, 1.82) is 0 Å². The van der Waals surface area contributed by atoms with E-state index in [4.69, 9.17) is 4.74 Å². The van der Waals surface area contributed by atoms with Crippen LogP contribution in [0.3, 0.4) is 0 Å². The van der Waals surface area contributed by atoms with Gasteiger partial charge in [-0.3, -0.25) is 19.3 Å². The molecule has 1 saturated carbocycles. The number of nitrogens with one attached hydrogen (secondary N) is 2. The van der Waals surface area contributed by atoms with Crippen molar-refractivity contribution in [2.75, 3.05) is 36.9 Å². The van der Waals surface area contributed by atoms with Gasteiger partial charge in [0.1, 0.15) is 0 Å². The Kier molecular flexibility index (Phi) is 7.98. The van der Waals surface area contributed by atoms with E-state index in [9.17, 15) is 14.4 Å². The van der Waals surface area contributed by atoms with Crippen LogP contribution in [0.5, 0.6) is 0 Å². The van der Waals surface area contributed by atoms with Crippen LogP contribution >= 0.6 is 11.3 Å². The third-order valence-electron chi connectivity index (χ3n) is 4.69. The minimum Gasteiger partial charge on any atom is -0.466 e. The van der Waals surface area contributed by atoms with E-state index in [-0.39, 0.29) is 30.7 Å². The molecule has 2 amide bonds. The van der Waals surface area contributed by atoms with Crippen molar-refractivity contribution < 1.29 is 19.1 Å². The molecule has 0 bridgehead atoms. The molecular weight excluding hydrogens is 402 g/mol. The van der Waals surface area contributed by atoms with Crippen LogP contribution in [0.1, 0.15) is 35.9 Å². The Hall–Kier alpha value is -2.71. The molecule has 0 atom stereocenters. The second kappa shape index (κ2) is 10.9. The standard InChI is InChI=1S/C22H27N3O4S/c1-2-29-21(27)11-12-25(14-16-5-6-16)15-20(26)23-17-7-9-18(10-8-17)24-22(28)19-4-3-13-30-19/h3-4,7-10,13,16H,2,5-6,11-12,14-15H2,1H3,(H,23,26)(H,24,28). The maximum Gasteiger partial charge on any atom is 0.307 e. The van der Waals surface area contributed by atoms with E-state index in [2.05, 4.69) is 10.6 Å². The predicted molar refractivity (Wildman–Crippen MR) is 118 cm³/mol. The normalized spacial score (nSPS) is 13.1. The Balaban J connectivity index is 1.48. The van der Waals surface area contributed by atoms with Gasteiger partial charge >= 0.3 is 5.97 Å². The maximum atomic E-state index is 12.5. The Morgan fingerprint density at radius 1 is 1.10 bits per heavy atom. The first-order chi connectivity index (χ1) is 14.5. The summed E-state index contributed by atoms with van der Waals surface area (Å²) in [6, 6.07) is 10.6. The van der Waals surface area contributed by atoms with Crippen molar-refractivity contribution in [3.05, 3.63) is 46.7 Å². The zero-order valence-electron chi connectivity index (χ0n) is 17.1. The number of carbonyl (C=O) groups excluding carboxylic acids is 3. The quantitative estimate of drug-likeness (QED) is 0.533. The molecule has 1 aliphatic rings. The van der Waals surface area contributed by atoms with Gasteiger partial charge in [0.15, 0.2) is 0 Å². The average Bonchev–Trinajstić information content (AvgIpc) is 3.36. The molecule has 0 spiro atoms. The van der Waals surface area contributed by atoms with Crippen LogP contribution in [0.25, 0.3) is 0 Å². The van der Waals surface area contributed by atoms with Gasteiger partial charge in [-0.15, -0.1) is 11.3 Å². The van der Waals surface area contributed by atoms with Crippen molar-refractivity contribution >= 4 is 40.5 Å². The highest BCUT2D eigenvalue weighted by atomic mass is 32.1. The maximum absolute atomic E-state index is 12.5. The summed E-state index contributed by atoms with van der Waals surface area (Å²) >= 11 is 1.38. The fourth-order valence-corrected chi connectivity index (χ4v) is 3.64. The van der Waals surface area contributed by atoms with Crippen LogP contribution in [0.4, 0.5) is 11.4 Å². The molecule has 8 heteroatoms. The van der Waals surface area contributed by atoms with E-state index in [0.717, 1.165) is 6.54 Å². The topological polar surface area (TPSA) is 87.7 Å². The SMILES string of the molecule is CCOC(=O)CCN(CC(=O)Nc1ccc(NC(=O)c2cccs2)cc1)CC1CC1. The van der Waals surface area contributed by atoms with E-state index >= 15 is 0 Å². The lowest BCUT2D eigenvalue weighted by molar-refractivity contribution is -0.143. The van der Waals surface area contributed by atoms with Gasteiger partial charge in [-0.25, -0.2) is 0 Å². The second-order valence-corrected chi connectivity index (χ2v) is 8.24. The first kappa shape index (κ1) is 22.0. The van der Waals surface area contributed by atoms with Gasteiger partial charge < -0.3 is 15.4 Å². The van der Waals surface area contributed by atoms with Crippen LogP contribution in [0.15, 0.2) is 41.8 Å². The van der Waals surface area contributed by atoms with Gasteiger partial charge in [0.25, 0.3) is 5.91 Å². The fourth-order valence-electron chi connectivity index (χ4n) is 3.02. The van der Waals surface area contributed by atoms with E-state index in [1.165, 1.54) is 24.2 Å². The zero-order chi connectivity index (χ0) is 21.3. The average molecular weight is 430 g/mol. The van der Waals surface area contributed by atoms with Crippen molar-refractivity contribution in [3.8, 4) is 0 Å². The van der Waals surface area contributed by atoms with Crippen LogP contribution < -0.4 is 10.6 Å². The first-order valence-corrected chi connectivity index (χ1v) is 11.0. The molecule has 1 aromatic carbocycles. The van der Waals surface area contributed by atoms with E-state index in [1.807, 2.05) is 16.3 Å². The zero-order valence-corrected chi connectivity index (χ0v) is 17.9. The Labute approximate surface area is 180 Å². The highest BCUT2D eigenvalue weighted by molar-refractivity contribution is 7.12. The number of ether oxygens (including phenoxy) is 1. The Bertz CT molecular complexity index is 848. The minimum absolute atomic E-state index is 0.130. The number of carbonyl (C=O) groups is 3. The molecule has 1 fully saturated rings. The Morgan fingerprint density at radius 3 is 2.40 bits per heavy atom. The van der Waals surface area contributed by atoms with Gasteiger partial charge in [-0.2, -0.15) is 0 Å². The van der Waals surface area contributed by atoms with Crippen LogP contribution in [-0.2, 0) is 14.3 Å². The molecule has 30 heavy (non-hydrogen) atoms. The highest BCUT2D eigenvalue weighted by Gasteiger charge is 2.25. The number of benzene rings is 1. The number of rotatable bonds is 11. The van der Waals surface area contributed by atoms with Crippen molar-refractivity contribution in [3.63, 3.8) is 0 Å². The lowest BCUT2D eigenvalue weighted by Gasteiger charge is -2.21. The van der Waals surface area contributed by atoms with Crippen LogP contribution in [0, 0.1) is 5.92 Å². The number of esters is 1. The molecule has 2 aromatic rings. The molecule has 2 N–H and O–H groups in total. The highest BCUT2D eigenvalue weighted by Crippen LogP contribution is 2.29. The second-order valence-electron chi connectivity index (χ2n) is 7.29. The number of amides is 2. The molecule has 3 rings (SSSR count). The summed E-state index contributed by atoms with van der Waals surface area (Å²) in [5.74, 6) is 0.0964. The molecular formula is C22H27N3O4S. The number of hydrogen-bond acceptors (Lipinski definition) is 6. The van der Waals surface area contributed by atoms with Crippen LogP contribution in [-0.4, -0.2) is 48.9 Å². The number of anilines is 2. The van der Waals surface area contributed by atoms with E-state index in [1.54, 1.807) is 37.3 Å². The van der Waals surface area contributed by atoms with Crippen molar-refractivity contribution in [2.45, 2.75) is 26.2 Å². The largest absolute Gasteiger partial charge is 0.466 e. The molecule has 1 aliphatic carbocycles. The lowest BCUT2D eigenvalue weighted by Crippen LogP contribution is -2.36. The smallest absolute Gasteiger partial charge is 0.307 e. The fraction of sp³-hybridized carbons (Fsp3) is 0.409. The van der Waals surface area contributed by atoms with Gasteiger partial charge in [0.2, 0.25) is 5.91 Å². The first-order valence-electron chi connectivity index (χ1n) is 10.2. The number of nitrogens with zero attached hydrogens (tertiary/aromatic N) is 1. The van der Waals surface area contributed by atoms with Gasteiger partial charge in [-0.05, 0) is 61.4 Å². The monoisotopic (exact) mass is 429 g/mol. The molecule has 160 valence electrons. The van der Waals surface area contributed by atoms with Crippen molar-refractivity contribution in [1.82, 2.24) is 4.90 Å². The summed E-state index contributed by atoms with van der Waals surface area (Å²) in [6.45, 7) is 3.71. The van der Waals surface area contributed by atoms with E-state index in [0.29, 0.717) is 35.3 Å². The third-order valence-corrected chi connectivity index (χ3v) is 5.56. The minimum atomic E-state index is -0.237. The number of thiophene rings is 1. The van der Waals surface area contributed by atoms with Gasteiger partial charge in [0, 0.05) is 24.5 Å². The summed E-state index contributed by atoms with van der Waals surface area (Å²) in [7, 11) is 0. The summed E-state index contributed by atoms with van der Waals surface area (Å²) in [4.78, 5) is 38.9. The molecule has 0 saturated heterocycles. The molecule has 1 heterocycles. The predicted octanol–water partition coefficient (Wildman–Crippen LogP) is 3.60. The van der Waals surface area contributed by atoms with Gasteiger partial charge in [0.05, 0.1) is 24.4 Å². The Morgan fingerprint density at radius 2 is 1.80 bits per heavy atom. The third kappa shape index (κ3) is 7.27. The summed E-state index contributed by atoms with van der Waals surface area (Å²) in [5.41, 5.74) is 1.32. The molecule has 0 aliphatic heterocycles. The summed E-state index contributed by atoms with van der Waals surface area (Å²) in [5, 5.41) is 7.56. The molecule has 1 aromatic heterocycles. The molecule has 0 unspecified atom stereocenters. The lowest BCUT2D eigenvalue weighted by atomic mass is 10.2. The summed E-state index contributed by atoms with van der Waals surface area (Å²) in [6.07, 6.45) is 2.64. The van der Waals surface area contributed by atoms with Crippen LogP contribution in [0.2, 0.25) is 0 Å². The molecule has 0 radical (unpaired) electrons. The number of hydrogen-bond donors (Lipinski definition) is 2. The summed E-state index contributed by atoms with van der Waals surface area (Å²) < 4.78 is 4.98. The van der Waals surface area contributed by atoms with Crippen molar-refractivity contribution in [2.24, 2.45) is 5.92 Å². The molecule has 7 nitrogen and oxygen atoms in total. The van der Waals surface area contributed by atoms with E-state index < -0.39 is 0 Å². The van der Waals surface area contributed by atoms with Gasteiger partial charge in [-0.1, -0.05) is 6.07 Å².